The third kappa shape index (κ3) is 3.56. The minimum Gasteiger partial charge on any atom is -0.256 e. The van der Waals surface area contributed by atoms with Gasteiger partial charge in [-0.05, 0) is 43.5 Å². The van der Waals surface area contributed by atoms with Crippen LogP contribution in [0.2, 0.25) is 0 Å². The summed E-state index contributed by atoms with van der Waals surface area (Å²) in [6.07, 6.45) is 5.55. The van der Waals surface area contributed by atoms with Crippen LogP contribution in [0.15, 0.2) is 59.6 Å². The van der Waals surface area contributed by atoms with Gasteiger partial charge in [0, 0.05) is 6.21 Å². The zero-order valence-electron chi connectivity index (χ0n) is 10.8. The van der Waals surface area contributed by atoms with E-state index < -0.39 is 0 Å². The summed E-state index contributed by atoms with van der Waals surface area (Å²) in [6, 6.07) is 6.21. The van der Waals surface area contributed by atoms with Crippen molar-refractivity contribution in [3.05, 3.63) is 65.8 Å². The molecule has 0 aliphatic heterocycles. The molecule has 1 rings (SSSR count). The standard InChI is InChI=1S/C16H19N/c1-6-15(7-2)14(5)11-17-16-9-8-12(3)10-13(16)4/h6-11H,1,5H2,2-4H3/b15-7+,17-11?. The fourth-order valence-electron chi connectivity index (χ4n) is 1.61. The highest BCUT2D eigenvalue weighted by Gasteiger charge is 1.97. The van der Waals surface area contributed by atoms with Crippen molar-refractivity contribution in [2.24, 2.45) is 4.99 Å². The Balaban J connectivity index is 2.91. The lowest BCUT2D eigenvalue weighted by Crippen LogP contribution is -1.86. The van der Waals surface area contributed by atoms with Crippen LogP contribution in [-0.4, -0.2) is 6.21 Å². The molecule has 0 saturated heterocycles. The third-order valence-corrected chi connectivity index (χ3v) is 2.61. The van der Waals surface area contributed by atoms with E-state index in [4.69, 9.17) is 0 Å². The van der Waals surface area contributed by atoms with E-state index in [2.05, 4.69) is 44.1 Å². The molecular weight excluding hydrogens is 206 g/mol. The van der Waals surface area contributed by atoms with Crippen LogP contribution in [0.25, 0.3) is 0 Å². The zero-order chi connectivity index (χ0) is 12.8. The van der Waals surface area contributed by atoms with Gasteiger partial charge in [-0.3, -0.25) is 4.99 Å². The first-order valence-corrected chi connectivity index (χ1v) is 5.68. The Labute approximate surface area is 104 Å². The van der Waals surface area contributed by atoms with Gasteiger partial charge in [-0.2, -0.15) is 0 Å². The van der Waals surface area contributed by atoms with E-state index in [-0.39, 0.29) is 0 Å². The molecule has 0 aliphatic rings. The van der Waals surface area contributed by atoms with Crippen molar-refractivity contribution in [1.82, 2.24) is 0 Å². The molecule has 0 aliphatic carbocycles. The largest absolute Gasteiger partial charge is 0.256 e. The number of rotatable bonds is 4. The SMILES string of the molecule is C=C/C(=C\C)C(=C)C=Nc1ccc(C)cc1C. The molecule has 0 saturated carbocycles. The van der Waals surface area contributed by atoms with Gasteiger partial charge in [0.25, 0.3) is 0 Å². The van der Waals surface area contributed by atoms with Gasteiger partial charge in [0.05, 0.1) is 5.69 Å². The molecule has 0 fully saturated rings. The zero-order valence-corrected chi connectivity index (χ0v) is 10.8. The van der Waals surface area contributed by atoms with Gasteiger partial charge >= 0.3 is 0 Å². The molecule has 1 aromatic rings. The lowest BCUT2D eigenvalue weighted by Gasteiger charge is -2.02. The fraction of sp³-hybridized carbons (Fsp3) is 0.188. The molecule has 0 bridgehead atoms. The van der Waals surface area contributed by atoms with Crippen LogP contribution in [0.1, 0.15) is 18.1 Å². The van der Waals surface area contributed by atoms with Gasteiger partial charge in [-0.1, -0.05) is 43.0 Å². The molecule has 0 amide bonds. The van der Waals surface area contributed by atoms with E-state index in [9.17, 15) is 0 Å². The summed E-state index contributed by atoms with van der Waals surface area (Å²) in [4.78, 5) is 4.45. The lowest BCUT2D eigenvalue weighted by atomic mass is 10.1. The van der Waals surface area contributed by atoms with E-state index in [0.29, 0.717) is 0 Å². The van der Waals surface area contributed by atoms with E-state index in [0.717, 1.165) is 16.8 Å². The molecule has 88 valence electrons. The van der Waals surface area contributed by atoms with Crippen LogP contribution in [-0.2, 0) is 0 Å². The Morgan fingerprint density at radius 2 is 2.00 bits per heavy atom. The van der Waals surface area contributed by atoms with Crippen LogP contribution >= 0.6 is 0 Å². The number of benzene rings is 1. The number of nitrogens with zero attached hydrogens (tertiary/aromatic N) is 1. The highest BCUT2D eigenvalue weighted by molar-refractivity contribution is 5.87. The van der Waals surface area contributed by atoms with Gasteiger partial charge in [-0.25, -0.2) is 0 Å². The predicted octanol–water partition coefficient (Wildman–Crippen LogP) is 4.69. The van der Waals surface area contributed by atoms with Crippen molar-refractivity contribution in [2.45, 2.75) is 20.8 Å². The number of aliphatic imine (C=N–C) groups is 1. The predicted molar refractivity (Wildman–Crippen MR) is 77.2 cm³/mol. The van der Waals surface area contributed by atoms with Crippen LogP contribution in [0.4, 0.5) is 5.69 Å². The van der Waals surface area contributed by atoms with E-state index in [1.54, 1.807) is 12.3 Å². The molecule has 0 radical (unpaired) electrons. The highest BCUT2D eigenvalue weighted by atomic mass is 14.7. The topological polar surface area (TPSA) is 12.4 Å². The molecular formula is C16H19N. The molecule has 0 heterocycles. The van der Waals surface area contributed by atoms with E-state index in [1.807, 2.05) is 19.1 Å². The summed E-state index contributed by atoms with van der Waals surface area (Å²) in [5.74, 6) is 0. The molecule has 0 aromatic heterocycles. The summed E-state index contributed by atoms with van der Waals surface area (Å²) < 4.78 is 0. The number of hydrogen-bond donors (Lipinski definition) is 0. The normalized spacial score (nSPS) is 11.8. The smallest absolute Gasteiger partial charge is 0.0659 e. The van der Waals surface area contributed by atoms with Crippen molar-refractivity contribution < 1.29 is 0 Å². The first-order chi connectivity index (χ1) is 8.08. The maximum Gasteiger partial charge on any atom is 0.0659 e. The number of allylic oxidation sites excluding steroid dienone is 4. The van der Waals surface area contributed by atoms with Crippen molar-refractivity contribution >= 4 is 11.9 Å². The van der Waals surface area contributed by atoms with Crippen LogP contribution in [0.5, 0.6) is 0 Å². The Hall–Kier alpha value is -1.89. The second kappa shape index (κ2) is 6.00. The molecule has 0 spiro atoms. The average molecular weight is 225 g/mol. The number of aryl methyl sites for hydroxylation is 2. The lowest BCUT2D eigenvalue weighted by molar-refractivity contribution is 1.35. The maximum absolute atomic E-state index is 4.45. The minimum absolute atomic E-state index is 0.877. The highest BCUT2D eigenvalue weighted by Crippen LogP contribution is 2.19. The van der Waals surface area contributed by atoms with Crippen molar-refractivity contribution in [2.75, 3.05) is 0 Å². The fourth-order valence-corrected chi connectivity index (χ4v) is 1.61. The second-order valence-electron chi connectivity index (χ2n) is 4.02. The summed E-state index contributed by atoms with van der Waals surface area (Å²) in [7, 11) is 0. The summed E-state index contributed by atoms with van der Waals surface area (Å²) in [5, 5.41) is 0. The van der Waals surface area contributed by atoms with Gasteiger partial charge in [0.2, 0.25) is 0 Å². The quantitative estimate of drug-likeness (QED) is 0.520. The van der Waals surface area contributed by atoms with E-state index in [1.165, 1.54) is 11.1 Å². The second-order valence-corrected chi connectivity index (χ2v) is 4.02. The Kier molecular flexibility index (Phi) is 4.65. The Morgan fingerprint density at radius 3 is 2.53 bits per heavy atom. The molecule has 1 heteroatoms. The first kappa shape index (κ1) is 13.2. The average Bonchev–Trinajstić information content (AvgIpc) is 2.29. The van der Waals surface area contributed by atoms with Gasteiger partial charge in [-0.15, -0.1) is 0 Å². The molecule has 1 nitrogen and oxygen atoms in total. The third-order valence-electron chi connectivity index (χ3n) is 2.61. The molecule has 0 atom stereocenters. The van der Waals surface area contributed by atoms with Gasteiger partial charge < -0.3 is 0 Å². The van der Waals surface area contributed by atoms with E-state index >= 15 is 0 Å². The summed E-state index contributed by atoms with van der Waals surface area (Å²) in [6.45, 7) is 13.8. The summed E-state index contributed by atoms with van der Waals surface area (Å²) in [5.41, 5.74) is 5.30. The maximum atomic E-state index is 4.45. The van der Waals surface area contributed by atoms with Gasteiger partial charge in [0.1, 0.15) is 0 Å². The monoisotopic (exact) mass is 225 g/mol. The van der Waals surface area contributed by atoms with Crippen LogP contribution in [0, 0.1) is 13.8 Å². The van der Waals surface area contributed by atoms with Crippen molar-refractivity contribution in [3.63, 3.8) is 0 Å². The molecule has 0 N–H and O–H groups in total. The molecule has 0 unspecified atom stereocenters. The first-order valence-electron chi connectivity index (χ1n) is 5.68. The van der Waals surface area contributed by atoms with Crippen LogP contribution < -0.4 is 0 Å². The number of hydrogen-bond acceptors (Lipinski definition) is 1. The van der Waals surface area contributed by atoms with Crippen molar-refractivity contribution in [3.8, 4) is 0 Å². The molecule has 1 aromatic carbocycles. The van der Waals surface area contributed by atoms with Crippen molar-refractivity contribution in [1.29, 1.82) is 0 Å². The Bertz CT molecular complexity index is 490. The minimum atomic E-state index is 0.877. The van der Waals surface area contributed by atoms with Gasteiger partial charge in [0.15, 0.2) is 0 Å². The summed E-state index contributed by atoms with van der Waals surface area (Å²) >= 11 is 0. The Morgan fingerprint density at radius 1 is 1.29 bits per heavy atom. The van der Waals surface area contributed by atoms with Crippen LogP contribution in [0.3, 0.4) is 0 Å². The molecule has 17 heavy (non-hydrogen) atoms.